The van der Waals surface area contributed by atoms with E-state index in [1.54, 1.807) is 0 Å². The van der Waals surface area contributed by atoms with E-state index in [0.717, 1.165) is 5.92 Å². The van der Waals surface area contributed by atoms with Crippen molar-refractivity contribution in [2.75, 3.05) is 0 Å². The Bertz CT molecular complexity index is 204. The van der Waals surface area contributed by atoms with Crippen LogP contribution in [0.25, 0.3) is 0 Å². The van der Waals surface area contributed by atoms with E-state index in [9.17, 15) is 0 Å². The molecule has 0 atom stereocenters. The third-order valence-electron chi connectivity index (χ3n) is 4.71. The molecule has 0 aromatic heterocycles. The predicted octanol–water partition coefficient (Wildman–Crippen LogP) is 8.24. The predicted molar refractivity (Wildman–Crippen MR) is 103 cm³/mol. The topological polar surface area (TPSA) is 0 Å². The van der Waals surface area contributed by atoms with E-state index in [0.29, 0.717) is 0 Å². The van der Waals surface area contributed by atoms with Crippen molar-refractivity contribution in [3.05, 3.63) is 25.3 Å². The summed E-state index contributed by atoms with van der Waals surface area (Å²) in [7, 11) is 0. The molecule has 0 unspecified atom stereocenters. The summed E-state index contributed by atoms with van der Waals surface area (Å²) in [5, 5.41) is 0. The van der Waals surface area contributed by atoms with Gasteiger partial charge >= 0.3 is 0 Å². The third kappa shape index (κ3) is 17.5. The van der Waals surface area contributed by atoms with Crippen LogP contribution >= 0.6 is 0 Å². The molecule has 0 aliphatic heterocycles. The van der Waals surface area contributed by atoms with Crippen LogP contribution in [0.5, 0.6) is 0 Å². The molecule has 0 rings (SSSR count). The van der Waals surface area contributed by atoms with Gasteiger partial charge in [-0.05, 0) is 31.6 Å². The number of allylic oxidation sites excluding steroid dienone is 2. The Balaban J connectivity index is 3.14. The normalized spacial score (nSPS) is 11.0. The Morgan fingerprint density at radius 1 is 0.545 bits per heavy atom. The van der Waals surface area contributed by atoms with Gasteiger partial charge in [0.15, 0.2) is 0 Å². The van der Waals surface area contributed by atoms with E-state index in [1.165, 1.54) is 103 Å². The van der Waals surface area contributed by atoms with E-state index in [4.69, 9.17) is 0 Å². The molecule has 0 aliphatic rings. The van der Waals surface area contributed by atoms with Crippen LogP contribution in [0.4, 0.5) is 0 Å². The van der Waals surface area contributed by atoms with Crippen LogP contribution < -0.4 is 0 Å². The molecule has 22 heavy (non-hydrogen) atoms. The maximum absolute atomic E-state index is 3.78. The average molecular weight is 307 g/mol. The average Bonchev–Trinajstić information content (AvgIpc) is 2.52. The van der Waals surface area contributed by atoms with Crippen LogP contribution in [0.1, 0.15) is 110 Å². The lowest BCUT2D eigenvalue weighted by Gasteiger charge is -2.11. The van der Waals surface area contributed by atoms with Crippen LogP contribution in [-0.2, 0) is 0 Å². The van der Waals surface area contributed by atoms with Crippen molar-refractivity contribution in [1.82, 2.24) is 0 Å². The highest BCUT2D eigenvalue weighted by Crippen LogP contribution is 2.18. The summed E-state index contributed by atoms with van der Waals surface area (Å²) in [6.07, 6.45) is 26.4. The zero-order chi connectivity index (χ0) is 16.3. The van der Waals surface area contributed by atoms with Gasteiger partial charge in [-0.1, -0.05) is 96.1 Å². The first kappa shape index (κ1) is 21.5. The highest BCUT2D eigenvalue weighted by Gasteiger charge is 2.02. The molecule has 0 aliphatic carbocycles. The fourth-order valence-electron chi connectivity index (χ4n) is 3.12. The van der Waals surface area contributed by atoms with Gasteiger partial charge in [-0.2, -0.15) is 0 Å². The summed E-state index contributed by atoms with van der Waals surface area (Å²) >= 11 is 0. The van der Waals surface area contributed by atoms with Crippen LogP contribution in [-0.4, -0.2) is 0 Å². The minimum absolute atomic E-state index is 0.946. The van der Waals surface area contributed by atoms with E-state index in [-0.39, 0.29) is 0 Å². The summed E-state index contributed by atoms with van der Waals surface area (Å²) in [5.41, 5.74) is 0. The lowest BCUT2D eigenvalue weighted by Crippen LogP contribution is -1.95. The quantitative estimate of drug-likeness (QED) is 0.177. The molecule has 0 amide bonds. The zero-order valence-corrected chi connectivity index (χ0v) is 15.5. The molecular formula is C22H42. The van der Waals surface area contributed by atoms with Crippen molar-refractivity contribution in [2.24, 2.45) is 5.92 Å². The molecule has 0 bridgehead atoms. The zero-order valence-electron chi connectivity index (χ0n) is 15.5. The summed E-state index contributed by atoms with van der Waals surface area (Å²) in [6, 6.07) is 0. The first-order valence-corrected chi connectivity index (χ1v) is 10.0. The van der Waals surface area contributed by atoms with Gasteiger partial charge in [-0.15, -0.1) is 13.2 Å². The monoisotopic (exact) mass is 306 g/mol. The van der Waals surface area contributed by atoms with Gasteiger partial charge in [-0.25, -0.2) is 0 Å². The standard InChI is InChI=1S/C22H42/c1-4-6-8-10-12-14-16-18-20-22(3)21-19-17-15-13-11-9-7-5-2/h4-5,22H,1-2,6-21H2,3H3. The van der Waals surface area contributed by atoms with Gasteiger partial charge in [0, 0.05) is 0 Å². The molecule has 0 aromatic rings. The second-order valence-corrected chi connectivity index (χ2v) is 7.08. The fraction of sp³-hybridized carbons (Fsp3) is 0.818. The second-order valence-electron chi connectivity index (χ2n) is 7.08. The number of unbranched alkanes of at least 4 members (excludes halogenated alkanes) is 12. The number of hydrogen-bond donors (Lipinski definition) is 0. The Hall–Kier alpha value is -0.520. The van der Waals surface area contributed by atoms with E-state index >= 15 is 0 Å². The maximum atomic E-state index is 3.78. The van der Waals surface area contributed by atoms with Gasteiger partial charge < -0.3 is 0 Å². The highest BCUT2D eigenvalue weighted by atomic mass is 14.1. The molecule has 0 aromatic carbocycles. The van der Waals surface area contributed by atoms with Crippen molar-refractivity contribution < 1.29 is 0 Å². The lowest BCUT2D eigenvalue weighted by molar-refractivity contribution is 0.431. The van der Waals surface area contributed by atoms with Crippen molar-refractivity contribution in [1.29, 1.82) is 0 Å². The summed E-state index contributed by atoms with van der Waals surface area (Å²) < 4.78 is 0. The molecule has 0 radical (unpaired) electrons. The Kier molecular flexibility index (Phi) is 18.1. The van der Waals surface area contributed by atoms with Crippen molar-refractivity contribution in [2.45, 2.75) is 110 Å². The van der Waals surface area contributed by atoms with Crippen LogP contribution in [0.15, 0.2) is 25.3 Å². The number of rotatable bonds is 18. The molecule has 0 saturated heterocycles. The van der Waals surface area contributed by atoms with Gasteiger partial charge in [0.2, 0.25) is 0 Å². The Morgan fingerprint density at radius 3 is 1.23 bits per heavy atom. The minimum Gasteiger partial charge on any atom is -0.103 e. The van der Waals surface area contributed by atoms with Crippen LogP contribution in [0, 0.1) is 5.92 Å². The summed E-state index contributed by atoms with van der Waals surface area (Å²) in [5.74, 6) is 0.946. The molecular weight excluding hydrogens is 264 g/mol. The smallest absolute Gasteiger partial charge is 0.0353 e. The summed E-state index contributed by atoms with van der Waals surface area (Å²) in [4.78, 5) is 0. The Morgan fingerprint density at radius 2 is 0.864 bits per heavy atom. The fourth-order valence-corrected chi connectivity index (χ4v) is 3.12. The largest absolute Gasteiger partial charge is 0.103 e. The van der Waals surface area contributed by atoms with Crippen molar-refractivity contribution in [3.8, 4) is 0 Å². The van der Waals surface area contributed by atoms with Crippen molar-refractivity contribution in [3.63, 3.8) is 0 Å². The van der Waals surface area contributed by atoms with E-state index in [1.807, 2.05) is 12.2 Å². The second kappa shape index (κ2) is 18.5. The molecule has 0 nitrogen and oxygen atoms in total. The first-order chi connectivity index (χ1) is 10.8. The lowest BCUT2D eigenvalue weighted by atomic mass is 9.96. The molecule has 0 fully saturated rings. The van der Waals surface area contributed by atoms with Gasteiger partial charge in [0.1, 0.15) is 0 Å². The molecule has 0 N–H and O–H groups in total. The first-order valence-electron chi connectivity index (χ1n) is 10.0. The van der Waals surface area contributed by atoms with Gasteiger partial charge in [-0.3, -0.25) is 0 Å². The van der Waals surface area contributed by atoms with Crippen LogP contribution in [0.2, 0.25) is 0 Å². The van der Waals surface area contributed by atoms with Gasteiger partial charge in [0.25, 0.3) is 0 Å². The SMILES string of the molecule is C=CCCCCCCCCC(C)CCCCCCCCC=C. The van der Waals surface area contributed by atoms with Crippen LogP contribution in [0.3, 0.4) is 0 Å². The van der Waals surface area contributed by atoms with Crippen molar-refractivity contribution >= 4 is 0 Å². The Labute approximate surface area is 141 Å². The van der Waals surface area contributed by atoms with Gasteiger partial charge in [0.05, 0.1) is 0 Å². The molecule has 130 valence electrons. The molecule has 0 saturated carbocycles. The third-order valence-corrected chi connectivity index (χ3v) is 4.71. The molecule has 0 heterocycles. The van der Waals surface area contributed by atoms with E-state index < -0.39 is 0 Å². The molecule has 0 heteroatoms. The highest BCUT2D eigenvalue weighted by molar-refractivity contribution is 4.66. The maximum Gasteiger partial charge on any atom is -0.0353 e. The van der Waals surface area contributed by atoms with E-state index in [2.05, 4.69) is 20.1 Å². The minimum atomic E-state index is 0.946. The molecule has 0 spiro atoms. The number of hydrogen-bond acceptors (Lipinski definition) is 0. The summed E-state index contributed by atoms with van der Waals surface area (Å²) in [6.45, 7) is 10.0.